The molecule has 18 heavy (non-hydrogen) atoms. The molecule has 0 radical (unpaired) electrons. The normalized spacial score (nSPS) is 25.4. The number of rotatable bonds is 2. The minimum Gasteiger partial charge on any atom is -0.299 e. The Kier molecular flexibility index (Phi) is 3.76. The van der Waals surface area contributed by atoms with Crippen LogP contribution in [0.1, 0.15) is 25.8 Å². The summed E-state index contributed by atoms with van der Waals surface area (Å²) in [7, 11) is 0. The van der Waals surface area contributed by atoms with Gasteiger partial charge in [-0.3, -0.25) is 9.69 Å². The molecular weight excluding hydrogens is 236 g/mol. The molecule has 1 heterocycles. The second-order valence-corrected chi connectivity index (χ2v) is 4.95. The van der Waals surface area contributed by atoms with Gasteiger partial charge in [0.2, 0.25) is 0 Å². The Labute approximate surface area is 106 Å². The highest BCUT2D eigenvalue weighted by molar-refractivity contribution is 5.82. The highest BCUT2D eigenvalue weighted by Gasteiger charge is 2.30. The number of likely N-dealkylation sites (tertiary alicyclic amines) is 1. The van der Waals surface area contributed by atoms with E-state index in [0.717, 1.165) is 12.1 Å². The van der Waals surface area contributed by atoms with Crippen LogP contribution in [0.4, 0.5) is 8.78 Å². The standard InChI is InChI=1S/C14H17F2NO/c1-9-10(2)17(6-5-14(9)18)8-11-7-12(15)3-4-13(11)16/h3-4,7,9-10H,5-6,8H2,1-2H3. The highest BCUT2D eigenvalue weighted by Crippen LogP contribution is 2.23. The van der Waals surface area contributed by atoms with Crippen molar-refractivity contribution >= 4 is 5.78 Å². The maximum Gasteiger partial charge on any atom is 0.138 e. The van der Waals surface area contributed by atoms with Crippen LogP contribution in [0.2, 0.25) is 0 Å². The van der Waals surface area contributed by atoms with E-state index in [1.807, 2.05) is 18.7 Å². The smallest absolute Gasteiger partial charge is 0.138 e. The SMILES string of the molecule is CC1C(=O)CCN(Cc2cc(F)ccc2F)C1C. The van der Waals surface area contributed by atoms with Gasteiger partial charge in [0, 0.05) is 37.0 Å². The number of carbonyl (C=O) groups excluding carboxylic acids is 1. The van der Waals surface area contributed by atoms with E-state index in [0.29, 0.717) is 25.1 Å². The lowest BCUT2D eigenvalue weighted by Crippen LogP contribution is -2.46. The molecule has 4 heteroatoms. The van der Waals surface area contributed by atoms with Crippen molar-refractivity contribution in [2.45, 2.75) is 32.9 Å². The molecule has 2 rings (SSSR count). The number of ketones is 1. The first kappa shape index (κ1) is 13.1. The van der Waals surface area contributed by atoms with Crippen molar-refractivity contribution in [3.8, 4) is 0 Å². The number of hydrogen-bond acceptors (Lipinski definition) is 2. The topological polar surface area (TPSA) is 20.3 Å². The van der Waals surface area contributed by atoms with Gasteiger partial charge in [-0.25, -0.2) is 8.78 Å². The molecule has 0 amide bonds. The molecule has 0 bridgehead atoms. The molecule has 1 aromatic rings. The molecular formula is C14H17F2NO. The monoisotopic (exact) mass is 253 g/mol. The molecule has 1 aliphatic rings. The van der Waals surface area contributed by atoms with E-state index in [2.05, 4.69) is 0 Å². The molecule has 2 unspecified atom stereocenters. The predicted molar refractivity (Wildman–Crippen MR) is 65.0 cm³/mol. The second-order valence-electron chi connectivity index (χ2n) is 4.95. The number of Topliss-reactive ketones (excluding diaryl/α,β-unsaturated/α-hetero) is 1. The molecule has 2 nitrogen and oxygen atoms in total. The second kappa shape index (κ2) is 5.14. The summed E-state index contributed by atoms with van der Waals surface area (Å²) in [5.41, 5.74) is 0.350. The Balaban J connectivity index is 2.14. The van der Waals surface area contributed by atoms with Crippen LogP contribution in [0.25, 0.3) is 0 Å². The van der Waals surface area contributed by atoms with E-state index >= 15 is 0 Å². The van der Waals surface area contributed by atoms with Crippen molar-refractivity contribution in [1.29, 1.82) is 0 Å². The molecule has 1 fully saturated rings. The zero-order valence-electron chi connectivity index (χ0n) is 10.6. The van der Waals surface area contributed by atoms with E-state index in [-0.39, 0.29) is 17.7 Å². The third-order valence-electron chi connectivity index (χ3n) is 3.83. The van der Waals surface area contributed by atoms with Gasteiger partial charge in [-0.1, -0.05) is 6.92 Å². The van der Waals surface area contributed by atoms with Crippen LogP contribution < -0.4 is 0 Å². The first-order valence-corrected chi connectivity index (χ1v) is 6.19. The minimum absolute atomic E-state index is 0.0460. The molecule has 2 atom stereocenters. The van der Waals surface area contributed by atoms with Crippen LogP contribution >= 0.6 is 0 Å². The Hall–Kier alpha value is -1.29. The van der Waals surface area contributed by atoms with Crippen LogP contribution in [0.15, 0.2) is 18.2 Å². The van der Waals surface area contributed by atoms with Gasteiger partial charge in [-0.05, 0) is 25.1 Å². The molecule has 98 valence electrons. The summed E-state index contributed by atoms with van der Waals surface area (Å²) in [5.74, 6) is -0.623. The Morgan fingerprint density at radius 3 is 2.78 bits per heavy atom. The van der Waals surface area contributed by atoms with Gasteiger partial charge in [-0.2, -0.15) is 0 Å². The average Bonchev–Trinajstić information content (AvgIpc) is 2.34. The van der Waals surface area contributed by atoms with Crippen molar-refractivity contribution < 1.29 is 13.6 Å². The molecule has 1 saturated heterocycles. The molecule has 0 aliphatic carbocycles. The number of piperidine rings is 1. The maximum absolute atomic E-state index is 13.6. The third kappa shape index (κ3) is 2.58. The lowest BCUT2D eigenvalue weighted by molar-refractivity contribution is -0.128. The summed E-state index contributed by atoms with van der Waals surface area (Å²) in [6.07, 6.45) is 0.489. The number of halogens is 2. The fraction of sp³-hybridized carbons (Fsp3) is 0.500. The van der Waals surface area contributed by atoms with Crippen molar-refractivity contribution in [2.75, 3.05) is 6.54 Å². The fourth-order valence-electron chi connectivity index (χ4n) is 2.38. The molecule has 0 spiro atoms. The van der Waals surface area contributed by atoms with E-state index < -0.39 is 11.6 Å². The Morgan fingerprint density at radius 2 is 2.06 bits per heavy atom. The van der Waals surface area contributed by atoms with Crippen LogP contribution in [-0.4, -0.2) is 23.3 Å². The highest BCUT2D eigenvalue weighted by atomic mass is 19.1. The molecule has 0 N–H and O–H groups in total. The number of benzene rings is 1. The first-order valence-electron chi connectivity index (χ1n) is 6.19. The fourth-order valence-corrected chi connectivity index (χ4v) is 2.38. The molecule has 0 aromatic heterocycles. The van der Waals surface area contributed by atoms with Crippen LogP contribution in [-0.2, 0) is 11.3 Å². The van der Waals surface area contributed by atoms with Crippen LogP contribution in [0.3, 0.4) is 0 Å². The summed E-state index contributed by atoms with van der Waals surface area (Å²) in [6.45, 7) is 4.81. The van der Waals surface area contributed by atoms with E-state index in [4.69, 9.17) is 0 Å². The largest absolute Gasteiger partial charge is 0.299 e. The summed E-state index contributed by atoms with van der Waals surface area (Å²) < 4.78 is 26.7. The molecule has 1 aliphatic heterocycles. The van der Waals surface area contributed by atoms with Gasteiger partial charge in [0.1, 0.15) is 17.4 Å². The maximum atomic E-state index is 13.6. The molecule has 0 saturated carbocycles. The van der Waals surface area contributed by atoms with Crippen molar-refractivity contribution in [1.82, 2.24) is 4.90 Å². The number of nitrogens with zero attached hydrogens (tertiary/aromatic N) is 1. The number of carbonyl (C=O) groups is 1. The lowest BCUT2D eigenvalue weighted by Gasteiger charge is -2.37. The Bertz CT molecular complexity index is 461. The van der Waals surface area contributed by atoms with E-state index in [1.165, 1.54) is 6.07 Å². The average molecular weight is 253 g/mol. The quantitative estimate of drug-likeness (QED) is 0.807. The third-order valence-corrected chi connectivity index (χ3v) is 3.83. The van der Waals surface area contributed by atoms with Crippen LogP contribution in [0.5, 0.6) is 0 Å². The minimum atomic E-state index is -0.430. The zero-order chi connectivity index (χ0) is 13.3. The summed E-state index contributed by atoms with van der Waals surface area (Å²) in [4.78, 5) is 13.6. The van der Waals surface area contributed by atoms with Crippen molar-refractivity contribution in [3.63, 3.8) is 0 Å². The number of hydrogen-bond donors (Lipinski definition) is 0. The van der Waals surface area contributed by atoms with E-state index in [1.54, 1.807) is 0 Å². The first-order chi connectivity index (χ1) is 8.49. The van der Waals surface area contributed by atoms with Gasteiger partial charge in [-0.15, -0.1) is 0 Å². The predicted octanol–water partition coefficient (Wildman–Crippen LogP) is 2.76. The van der Waals surface area contributed by atoms with Gasteiger partial charge in [0.05, 0.1) is 0 Å². The summed E-state index contributed by atoms with van der Waals surface area (Å²) >= 11 is 0. The van der Waals surface area contributed by atoms with Crippen molar-refractivity contribution in [3.05, 3.63) is 35.4 Å². The van der Waals surface area contributed by atoms with Gasteiger partial charge >= 0.3 is 0 Å². The van der Waals surface area contributed by atoms with E-state index in [9.17, 15) is 13.6 Å². The van der Waals surface area contributed by atoms with Gasteiger partial charge < -0.3 is 0 Å². The van der Waals surface area contributed by atoms with Gasteiger partial charge in [0.25, 0.3) is 0 Å². The lowest BCUT2D eigenvalue weighted by atomic mass is 9.90. The summed E-state index contributed by atoms with van der Waals surface area (Å²) in [5, 5.41) is 0. The van der Waals surface area contributed by atoms with Gasteiger partial charge in [0.15, 0.2) is 0 Å². The zero-order valence-corrected chi connectivity index (χ0v) is 10.6. The summed E-state index contributed by atoms with van der Waals surface area (Å²) in [6, 6.07) is 3.55. The van der Waals surface area contributed by atoms with Crippen molar-refractivity contribution in [2.24, 2.45) is 5.92 Å². The molecule has 1 aromatic carbocycles. The Morgan fingerprint density at radius 1 is 1.33 bits per heavy atom. The van der Waals surface area contributed by atoms with Crippen LogP contribution in [0, 0.1) is 17.6 Å².